The van der Waals surface area contributed by atoms with Gasteiger partial charge in [0.1, 0.15) is 11.6 Å². The molecule has 1 aliphatic rings. The van der Waals surface area contributed by atoms with Crippen molar-refractivity contribution >= 4 is 15.7 Å². The first-order valence-electron chi connectivity index (χ1n) is 6.55. The second-order valence-corrected chi connectivity index (χ2v) is 6.73. The number of nitrogens with one attached hydrogen (secondary N) is 1. The van der Waals surface area contributed by atoms with Gasteiger partial charge in [-0.3, -0.25) is 4.72 Å². The molecule has 0 amide bonds. The van der Waals surface area contributed by atoms with Gasteiger partial charge in [0.25, 0.3) is 10.0 Å². The van der Waals surface area contributed by atoms with E-state index < -0.39 is 26.6 Å². The molecule has 3 rings (SSSR count). The van der Waals surface area contributed by atoms with E-state index in [1.165, 1.54) is 5.56 Å². The summed E-state index contributed by atoms with van der Waals surface area (Å²) in [4.78, 5) is -0.430. The number of aryl methyl sites for hydroxylation is 2. The smallest absolute Gasteiger partial charge is 0.262 e. The predicted molar refractivity (Wildman–Crippen MR) is 75.6 cm³/mol. The summed E-state index contributed by atoms with van der Waals surface area (Å²) in [5.74, 6) is -1.85. The van der Waals surface area contributed by atoms with Gasteiger partial charge in [-0.05, 0) is 54.7 Å². The first-order chi connectivity index (χ1) is 9.94. The van der Waals surface area contributed by atoms with E-state index in [0.29, 0.717) is 11.8 Å². The molecular weight excluding hydrogens is 296 g/mol. The van der Waals surface area contributed by atoms with Crippen LogP contribution in [0.5, 0.6) is 0 Å². The number of sulfonamides is 1. The maximum absolute atomic E-state index is 13.1. The fraction of sp³-hybridized carbons (Fsp3) is 0.200. The van der Waals surface area contributed by atoms with E-state index in [4.69, 9.17) is 0 Å². The van der Waals surface area contributed by atoms with Gasteiger partial charge in [-0.2, -0.15) is 0 Å². The Balaban J connectivity index is 1.92. The third-order valence-corrected chi connectivity index (χ3v) is 4.86. The van der Waals surface area contributed by atoms with Crippen molar-refractivity contribution in [2.45, 2.75) is 24.2 Å². The molecule has 0 saturated heterocycles. The van der Waals surface area contributed by atoms with Gasteiger partial charge in [-0.25, -0.2) is 17.2 Å². The minimum Gasteiger partial charge on any atom is -0.280 e. The zero-order valence-electron chi connectivity index (χ0n) is 11.1. The number of rotatable bonds is 3. The number of fused-ring (bicyclic) bond motifs is 1. The number of halogens is 2. The van der Waals surface area contributed by atoms with Crippen molar-refractivity contribution in [3.8, 4) is 0 Å². The summed E-state index contributed by atoms with van der Waals surface area (Å²) < 4.78 is 53.0. The van der Waals surface area contributed by atoms with E-state index in [1.807, 2.05) is 6.07 Å². The fourth-order valence-corrected chi connectivity index (χ4v) is 3.62. The quantitative estimate of drug-likeness (QED) is 0.946. The summed E-state index contributed by atoms with van der Waals surface area (Å²) in [6.45, 7) is 0. The monoisotopic (exact) mass is 309 g/mol. The standard InChI is InChI=1S/C15H13F2NO2S/c16-12-7-13(17)9-15(8-12)21(19,20)18-14-5-4-10-2-1-3-11(10)6-14/h4-9,18H,1-3H2. The lowest BCUT2D eigenvalue weighted by atomic mass is 10.1. The Labute approximate surface area is 121 Å². The second kappa shape index (κ2) is 5.11. The van der Waals surface area contributed by atoms with E-state index in [-0.39, 0.29) is 0 Å². The largest absolute Gasteiger partial charge is 0.280 e. The molecule has 0 aliphatic heterocycles. The molecule has 2 aromatic rings. The molecule has 1 N–H and O–H groups in total. The van der Waals surface area contributed by atoms with Crippen molar-refractivity contribution in [2.75, 3.05) is 4.72 Å². The predicted octanol–water partition coefficient (Wildman–Crippen LogP) is 3.25. The lowest BCUT2D eigenvalue weighted by Crippen LogP contribution is -2.13. The molecule has 3 nitrogen and oxygen atoms in total. The molecular formula is C15H13F2NO2S. The lowest BCUT2D eigenvalue weighted by Gasteiger charge is -2.10. The Hall–Kier alpha value is -1.95. The zero-order valence-corrected chi connectivity index (χ0v) is 11.9. The molecule has 0 atom stereocenters. The lowest BCUT2D eigenvalue weighted by molar-refractivity contribution is 0.568. The van der Waals surface area contributed by atoms with Crippen LogP contribution in [0.3, 0.4) is 0 Å². The highest BCUT2D eigenvalue weighted by Gasteiger charge is 2.18. The van der Waals surface area contributed by atoms with Crippen LogP contribution in [-0.4, -0.2) is 8.42 Å². The molecule has 1 aliphatic carbocycles. The van der Waals surface area contributed by atoms with Crippen LogP contribution in [0, 0.1) is 11.6 Å². The summed E-state index contributed by atoms with van der Waals surface area (Å²) >= 11 is 0. The van der Waals surface area contributed by atoms with Gasteiger partial charge in [-0.15, -0.1) is 0 Å². The van der Waals surface area contributed by atoms with Crippen LogP contribution in [0.2, 0.25) is 0 Å². The van der Waals surface area contributed by atoms with Crippen LogP contribution in [0.15, 0.2) is 41.3 Å². The van der Waals surface area contributed by atoms with Gasteiger partial charge in [0, 0.05) is 11.8 Å². The molecule has 0 spiro atoms. The Morgan fingerprint density at radius 3 is 2.29 bits per heavy atom. The second-order valence-electron chi connectivity index (χ2n) is 5.05. The summed E-state index contributed by atoms with van der Waals surface area (Å²) in [7, 11) is -4.01. The summed E-state index contributed by atoms with van der Waals surface area (Å²) in [5, 5.41) is 0. The highest BCUT2D eigenvalue weighted by atomic mass is 32.2. The van der Waals surface area contributed by atoms with E-state index in [1.54, 1.807) is 12.1 Å². The number of hydrogen-bond acceptors (Lipinski definition) is 2. The zero-order chi connectivity index (χ0) is 15.0. The van der Waals surface area contributed by atoms with Gasteiger partial charge in [0.05, 0.1) is 4.90 Å². The van der Waals surface area contributed by atoms with Gasteiger partial charge >= 0.3 is 0 Å². The van der Waals surface area contributed by atoms with E-state index in [9.17, 15) is 17.2 Å². The Morgan fingerprint density at radius 1 is 0.905 bits per heavy atom. The molecule has 0 aromatic heterocycles. The molecule has 0 fully saturated rings. The number of hydrogen-bond donors (Lipinski definition) is 1. The van der Waals surface area contributed by atoms with Crippen molar-refractivity contribution < 1.29 is 17.2 Å². The van der Waals surface area contributed by atoms with Gasteiger partial charge in [-0.1, -0.05) is 6.07 Å². The topological polar surface area (TPSA) is 46.2 Å². The van der Waals surface area contributed by atoms with Crippen molar-refractivity contribution in [3.63, 3.8) is 0 Å². The molecule has 0 heterocycles. The first kappa shape index (κ1) is 14.0. The SMILES string of the molecule is O=S(=O)(Nc1ccc2c(c1)CCC2)c1cc(F)cc(F)c1. The average Bonchev–Trinajstić information content (AvgIpc) is 2.84. The third-order valence-electron chi connectivity index (χ3n) is 3.50. The van der Waals surface area contributed by atoms with Crippen LogP contribution in [0.4, 0.5) is 14.5 Å². The van der Waals surface area contributed by atoms with Crippen LogP contribution >= 0.6 is 0 Å². The molecule has 0 saturated carbocycles. The molecule has 110 valence electrons. The number of anilines is 1. The highest BCUT2D eigenvalue weighted by molar-refractivity contribution is 7.92. The average molecular weight is 309 g/mol. The number of benzene rings is 2. The Bertz CT molecular complexity index is 783. The molecule has 0 bridgehead atoms. The Morgan fingerprint density at radius 2 is 1.57 bits per heavy atom. The van der Waals surface area contributed by atoms with Crippen LogP contribution in [-0.2, 0) is 22.9 Å². The molecule has 0 radical (unpaired) electrons. The van der Waals surface area contributed by atoms with Crippen LogP contribution in [0.25, 0.3) is 0 Å². The maximum atomic E-state index is 13.1. The van der Waals surface area contributed by atoms with Gasteiger partial charge in [0.15, 0.2) is 0 Å². The first-order valence-corrected chi connectivity index (χ1v) is 8.03. The van der Waals surface area contributed by atoms with Gasteiger partial charge < -0.3 is 0 Å². The molecule has 6 heteroatoms. The van der Waals surface area contributed by atoms with Crippen molar-refractivity contribution in [3.05, 3.63) is 59.2 Å². The van der Waals surface area contributed by atoms with Crippen LogP contribution < -0.4 is 4.72 Å². The minimum atomic E-state index is -4.01. The summed E-state index contributed by atoms with van der Waals surface area (Å²) in [5.41, 5.74) is 2.73. The highest BCUT2D eigenvalue weighted by Crippen LogP contribution is 2.26. The van der Waals surface area contributed by atoms with Gasteiger partial charge in [0.2, 0.25) is 0 Å². The maximum Gasteiger partial charge on any atom is 0.262 e. The summed E-state index contributed by atoms with van der Waals surface area (Å²) in [6, 6.07) is 7.53. The fourth-order valence-electron chi connectivity index (χ4n) is 2.53. The van der Waals surface area contributed by atoms with Crippen molar-refractivity contribution in [1.82, 2.24) is 0 Å². The van der Waals surface area contributed by atoms with Crippen molar-refractivity contribution in [1.29, 1.82) is 0 Å². The normalized spacial score (nSPS) is 14.0. The molecule has 2 aromatic carbocycles. The van der Waals surface area contributed by atoms with E-state index >= 15 is 0 Å². The van der Waals surface area contributed by atoms with E-state index in [0.717, 1.165) is 37.0 Å². The third kappa shape index (κ3) is 2.90. The summed E-state index contributed by atoms with van der Waals surface area (Å²) in [6.07, 6.45) is 2.97. The van der Waals surface area contributed by atoms with Crippen LogP contribution in [0.1, 0.15) is 17.5 Å². The Kier molecular flexibility index (Phi) is 3.41. The van der Waals surface area contributed by atoms with Crippen molar-refractivity contribution in [2.24, 2.45) is 0 Å². The molecule has 21 heavy (non-hydrogen) atoms. The molecule has 0 unspecified atom stereocenters. The minimum absolute atomic E-state index is 0.403. The van der Waals surface area contributed by atoms with E-state index in [2.05, 4.69) is 4.72 Å².